The topological polar surface area (TPSA) is 50.1 Å². The van der Waals surface area contributed by atoms with Gasteiger partial charge in [-0.2, -0.15) is 5.10 Å². The van der Waals surface area contributed by atoms with Gasteiger partial charge in [-0.15, -0.1) is 0 Å². The van der Waals surface area contributed by atoms with Crippen molar-refractivity contribution in [3.05, 3.63) is 41.8 Å². The van der Waals surface area contributed by atoms with Crippen molar-refractivity contribution >= 4 is 34.1 Å². The number of hydrogen-bond donors (Lipinski definition) is 0. The monoisotopic (exact) mass is 328 g/mol. The van der Waals surface area contributed by atoms with Crippen LogP contribution in [0.25, 0.3) is 11.0 Å². The summed E-state index contributed by atoms with van der Waals surface area (Å²) in [6, 6.07) is 7.99. The Balaban J connectivity index is 1.56. The van der Waals surface area contributed by atoms with E-state index in [1.807, 2.05) is 31.4 Å². The van der Waals surface area contributed by atoms with Crippen LogP contribution >= 0.6 is 11.6 Å². The van der Waals surface area contributed by atoms with Crippen LogP contribution in [0.5, 0.6) is 0 Å². The van der Waals surface area contributed by atoms with Crippen molar-refractivity contribution in [2.45, 2.75) is 0 Å². The van der Waals surface area contributed by atoms with E-state index >= 15 is 0 Å². The van der Waals surface area contributed by atoms with Crippen LogP contribution in [-0.2, 0) is 7.05 Å². The minimum Gasteiger partial charge on any atom is -0.367 e. The highest BCUT2D eigenvalue weighted by atomic mass is 35.5. The molecule has 4 rings (SSSR count). The van der Waals surface area contributed by atoms with Gasteiger partial charge < -0.3 is 9.80 Å². The highest BCUT2D eigenvalue weighted by Crippen LogP contribution is 2.28. The zero-order valence-corrected chi connectivity index (χ0v) is 13.6. The molecule has 0 aliphatic carbocycles. The first-order valence-electron chi connectivity index (χ1n) is 7.61. The average Bonchev–Trinajstić information content (AvgIpc) is 2.97. The molecule has 0 N–H and O–H groups in total. The Kier molecular flexibility index (Phi) is 3.53. The highest BCUT2D eigenvalue weighted by molar-refractivity contribution is 6.33. The van der Waals surface area contributed by atoms with Crippen LogP contribution < -0.4 is 9.80 Å². The van der Waals surface area contributed by atoms with E-state index in [0.717, 1.165) is 53.7 Å². The van der Waals surface area contributed by atoms with E-state index in [0.29, 0.717) is 0 Å². The number of nitrogens with zero attached hydrogens (tertiary/aromatic N) is 6. The summed E-state index contributed by atoms with van der Waals surface area (Å²) in [4.78, 5) is 13.4. The van der Waals surface area contributed by atoms with Gasteiger partial charge in [0.2, 0.25) is 0 Å². The maximum Gasteiger partial charge on any atom is 0.163 e. The molecule has 0 spiro atoms. The van der Waals surface area contributed by atoms with Crippen molar-refractivity contribution in [2.75, 3.05) is 36.0 Å². The fraction of sp³-hybridized carbons (Fsp3) is 0.312. The molecular formula is C16H17ClN6. The van der Waals surface area contributed by atoms with E-state index < -0.39 is 0 Å². The van der Waals surface area contributed by atoms with Crippen LogP contribution in [0.4, 0.5) is 11.5 Å². The Morgan fingerprint density at radius 2 is 1.74 bits per heavy atom. The minimum atomic E-state index is 0.803. The second-order valence-corrected chi connectivity index (χ2v) is 6.04. The summed E-state index contributed by atoms with van der Waals surface area (Å²) in [5, 5.41) is 6.09. The quantitative estimate of drug-likeness (QED) is 0.722. The van der Waals surface area contributed by atoms with E-state index in [9.17, 15) is 0 Å². The molecular weight excluding hydrogens is 312 g/mol. The van der Waals surface area contributed by atoms with Gasteiger partial charge in [-0.25, -0.2) is 9.97 Å². The molecule has 1 saturated heterocycles. The van der Waals surface area contributed by atoms with Crippen molar-refractivity contribution in [2.24, 2.45) is 7.05 Å². The number of aromatic nitrogens is 4. The highest BCUT2D eigenvalue weighted by Gasteiger charge is 2.22. The second-order valence-electron chi connectivity index (χ2n) is 5.63. The summed E-state index contributed by atoms with van der Waals surface area (Å²) in [6.45, 7) is 3.61. The van der Waals surface area contributed by atoms with Gasteiger partial charge in [-0.3, -0.25) is 4.68 Å². The molecule has 6 nitrogen and oxygen atoms in total. The van der Waals surface area contributed by atoms with E-state index in [1.54, 1.807) is 11.0 Å². The van der Waals surface area contributed by atoms with Gasteiger partial charge in [-0.1, -0.05) is 23.7 Å². The average molecular weight is 329 g/mol. The summed E-state index contributed by atoms with van der Waals surface area (Å²) in [5.41, 5.74) is 1.96. The van der Waals surface area contributed by atoms with Gasteiger partial charge in [0.25, 0.3) is 0 Å². The lowest BCUT2D eigenvalue weighted by Gasteiger charge is -2.37. The second kappa shape index (κ2) is 5.70. The first-order valence-corrected chi connectivity index (χ1v) is 7.99. The zero-order chi connectivity index (χ0) is 15.8. The summed E-state index contributed by atoms with van der Waals surface area (Å²) < 4.78 is 1.78. The van der Waals surface area contributed by atoms with Gasteiger partial charge >= 0.3 is 0 Å². The third-order valence-electron chi connectivity index (χ3n) is 4.28. The predicted molar refractivity (Wildman–Crippen MR) is 92.2 cm³/mol. The molecule has 3 heterocycles. The lowest BCUT2D eigenvalue weighted by Crippen LogP contribution is -2.47. The molecule has 1 aliphatic heterocycles. The number of aryl methyl sites for hydroxylation is 1. The van der Waals surface area contributed by atoms with Gasteiger partial charge in [0.1, 0.15) is 12.1 Å². The van der Waals surface area contributed by atoms with E-state index in [2.05, 4.69) is 30.9 Å². The smallest absolute Gasteiger partial charge is 0.163 e. The van der Waals surface area contributed by atoms with E-state index in [-0.39, 0.29) is 0 Å². The first-order chi connectivity index (χ1) is 11.2. The molecule has 0 saturated carbocycles. The molecule has 0 amide bonds. The van der Waals surface area contributed by atoms with Crippen molar-refractivity contribution in [3.8, 4) is 0 Å². The lowest BCUT2D eigenvalue weighted by atomic mass is 10.2. The third-order valence-corrected chi connectivity index (χ3v) is 4.60. The fourth-order valence-corrected chi connectivity index (χ4v) is 3.32. The molecule has 118 valence electrons. The number of hydrogen-bond acceptors (Lipinski definition) is 5. The van der Waals surface area contributed by atoms with Crippen LogP contribution in [0.15, 0.2) is 36.8 Å². The van der Waals surface area contributed by atoms with Gasteiger partial charge in [0.15, 0.2) is 5.65 Å². The van der Waals surface area contributed by atoms with Crippen molar-refractivity contribution in [1.82, 2.24) is 19.7 Å². The normalized spacial score (nSPS) is 15.4. The van der Waals surface area contributed by atoms with E-state index in [4.69, 9.17) is 11.6 Å². The van der Waals surface area contributed by atoms with Crippen molar-refractivity contribution in [1.29, 1.82) is 0 Å². The third kappa shape index (κ3) is 2.49. The van der Waals surface area contributed by atoms with Gasteiger partial charge in [0.05, 0.1) is 22.3 Å². The number of fused-ring (bicyclic) bond motifs is 1. The standard InChI is InChI=1S/C16H17ClN6/c1-21-15-12(10-20-21)16(19-11-18-15)23-8-6-22(7-9-23)14-5-3-2-4-13(14)17/h2-5,10-11H,6-9H2,1H3. The van der Waals surface area contributed by atoms with Crippen LogP contribution in [-0.4, -0.2) is 45.9 Å². The maximum atomic E-state index is 6.30. The summed E-state index contributed by atoms with van der Waals surface area (Å²) in [6.07, 6.45) is 3.45. The molecule has 0 unspecified atom stereocenters. The number of anilines is 2. The fourth-order valence-electron chi connectivity index (χ4n) is 3.07. The maximum absolute atomic E-state index is 6.30. The number of para-hydroxylation sites is 1. The Morgan fingerprint density at radius 1 is 1.00 bits per heavy atom. The van der Waals surface area contributed by atoms with Crippen LogP contribution in [0.2, 0.25) is 5.02 Å². The van der Waals surface area contributed by atoms with Gasteiger partial charge in [-0.05, 0) is 12.1 Å². The number of halogens is 1. The molecule has 0 bridgehead atoms. The first kappa shape index (κ1) is 14.3. The molecule has 7 heteroatoms. The molecule has 1 aromatic carbocycles. The Morgan fingerprint density at radius 3 is 2.52 bits per heavy atom. The SMILES string of the molecule is Cn1ncc2c(N3CCN(c4ccccc4Cl)CC3)ncnc21. The molecule has 1 aliphatic rings. The lowest BCUT2D eigenvalue weighted by molar-refractivity contribution is 0.649. The summed E-state index contributed by atoms with van der Waals surface area (Å²) >= 11 is 6.30. The van der Waals surface area contributed by atoms with Crippen LogP contribution in [0, 0.1) is 0 Å². The number of piperazine rings is 1. The van der Waals surface area contributed by atoms with Crippen LogP contribution in [0.1, 0.15) is 0 Å². The van der Waals surface area contributed by atoms with Gasteiger partial charge in [0, 0.05) is 33.2 Å². The number of rotatable bonds is 2. The van der Waals surface area contributed by atoms with Crippen molar-refractivity contribution < 1.29 is 0 Å². The zero-order valence-electron chi connectivity index (χ0n) is 12.9. The molecule has 3 aromatic rings. The largest absolute Gasteiger partial charge is 0.367 e. The van der Waals surface area contributed by atoms with E-state index in [1.165, 1.54) is 0 Å². The molecule has 0 atom stereocenters. The predicted octanol–water partition coefficient (Wildman–Crippen LogP) is 2.34. The molecule has 2 aromatic heterocycles. The number of benzene rings is 1. The Hall–Kier alpha value is -2.34. The summed E-state index contributed by atoms with van der Waals surface area (Å²) in [5.74, 6) is 0.960. The molecule has 0 radical (unpaired) electrons. The molecule has 23 heavy (non-hydrogen) atoms. The summed E-state index contributed by atoms with van der Waals surface area (Å²) in [7, 11) is 1.90. The minimum absolute atomic E-state index is 0.803. The molecule has 1 fully saturated rings. The Bertz CT molecular complexity index is 837. The van der Waals surface area contributed by atoms with Crippen molar-refractivity contribution in [3.63, 3.8) is 0 Å². The van der Waals surface area contributed by atoms with Crippen LogP contribution in [0.3, 0.4) is 0 Å². The Labute approximate surface area is 139 Å².